The van der Waals surface area contributed by atoms with Crippen LogP contribution in [-0.2, 0) is 23.0 Å². The van der Waals surface area contributed by atoms with Crippen molar-refractivity contribution in [2.75, 3.05) is 47.3 Å². The summed E-state index contributed by atoms with van der Waals surface area (Å²) in [5.41, 5.74) is 2.37. The van der Waals surface area contributed by atoms with E-state index in [9.17, 15) is 13.2 Å². The standard InChI is InChI=1S/C23H30N2O7S/c1-29-19-7-6-17(13-20(19)30-2)23(26)24-9-5-11-33(27,28)25-10-8-16-12-21(31-3)22(32-4)14-18(16)15-25/h6-7,12-14H,5,8-11,15H2,1-4H3,(H,24,26). The first kappa shape index (κ1) is 24.7. The second-order valence-electron chi connectivity index (χ2n) is 7.55. The van der Waals surface area contributed by atoms with E-state index in [1.165, 1.54) is 18.5 Å². The van der Waals surface area contributed by atoms with Crippen LogP contribution in [0.2, 0.25) is 0 Å². The van der Waals surface area contributed by atoms with E-state index < -0.39 is 10.0 Å². The van der Waals surface area contributed by atoms with Crippen LogP contribution in [-0.4, -0.2) is 65.9 Å². The highest BCUT2D eigenvalue weighted by atomic mass is 32.2. The van der Waals surface area contributed by atoms with Gasteiger partial charge < -0.3 is 24.3 Å². The summed E-state index contributed by atoms with van der Waals surface area (Å²) in [4.78, 5) is 12.4. The molecule has 33 heavy (non-hydrogen) atoms. The fourth-order valence-electron chi connectivity index (χ4n) is 3.76. The minimum absolute atomic E-state index is 0.0537. The van der Waals surface area contributed by atoms with Crippen molar-refractivity contribution in [1.82, 2.24) is 9.62 Å². The molecule has 0 saturated carbocycles. The minimum atomic E-state index is -3.47. The van der Waals surface area contributed by atoms with E-state index in [1.807, 2.05) is 12.1 Å². The van der Waals surface area contributed by atoms with Crippen LogP contribution in [0.5, 0.6) is 23.0 Å². The molecule has 1 amide bonds. The van der Waals surface area contributed by atoms with Crippen LogP contribution in [0, 0.1) is 0 Å². The molecule has 1 heterocycles. The molecule has 0 fully saturated rings. The van der Waals surface area contributed by atoms with Gasteiger partial charge >= 0.3 is 0 Å². The molecule has 0 aromatic heterocycles. The Morgan fingerprint density at radius 1 is 0.909 bits per heavy atom. The highest BCUT2D eigenvalue weighted by Crippen LogP contribution is 2.34. The van der Waals surface area contributed by atoms with Gasteiger partial charge in [-0.2, -0.15) is 4.31 Å². The number of carbonyl (C=O) groups is 1. The summed E-state index contributed by atoms with van der Waals surface area (Å²) in [6, 6.07) is 8.60. The van der Waals surface area contributed by atoms with E-state index in [2.05, 4.69) is 5.32 Å². The molecule has 180 valence electrons. The first-order valence-electron chi connectivity index (χ1n) is 10.5. The van der Waals surface area contributed by atoms with Gasteiger partial charge in [0.25, 0.3) is 5.91 Å². The third-order valence-corrected chi connectivity index (χ3v) is 7.49. The number of fused-ring (bicyclic) bond motifs is 1. The van der Waals surface area contributed by atoms with Crippen LogP contribution in [0.4, 0.5) is 0 Å². The number of hydrogen-bond acceptors (Lipinski definition) is 7. The van der Waals surface area contributed by atoms with Crippen molar-refractivity contribution in [3.63, 3.8) is 0 Å². The Morgan fingerprint density at radius 2 is 1.52 bits per heavy atom. The fourth-order valence-corrected chi connectivity index (χ4v) is 5.23. The largest absolute Gasteiger partial charge is 0.493 e. The minimum Gasteiger partial charge on any atom is -0.493 e. The molecular weight excluding hydrogens is 448 g/mol. The second-order valence-corrected chi connectivity index (χ2v) is 9.64. The molecule has 0 aliphatic carbocycles. The van der Waals surface area contributed by atoms with Crippen LogP contribution < -0.4 is 24.3 Å². The maximum absolute atomic E-state index is 12.9. The Hall–Kier alpha value is -2.98. The predicted molar refractivity (Wildman–Crippen MR) is 124 cm³/mol. The monoisotopic (exact) mass is 478 g/mol. The molecule has 0 atom stereocenters. The molecular formula is C23H30N2O7S. The number of nitrogens with one attached hydrogen (secondary N) is 1. The van der Waals surface area contributed by atoms with Crippen LogP contribution >= 0.6 is 0 Å². The second kappa shape index (κ2) is 10.8. The van der Waals surface area contributed by atoms with E-state index >= 15 is 0 Å². The summed E-state index contributed by atoms with van der Waals surface area (Å²) in [6.07, 6.45) is 0.904. The quantitative estimate of drug-likeness (QED) is 0.522. The Balaban J connectivity index is 1.55. The predicted octanol–water partition coefficient (Wildman–Crippen LogP) is 2.23. The van der Waals surface area contributed by atoms with E-state index in [1.54, 1.807) is 32.4 Å². The number of benzene rings is 2. The zero-order valence-corrected chi connectivity index (χ0v) is 20.2. The lowest BCUT2D eigenvalue weighted by Gasteiger charge is -2.29. The molecule has 2 aromatic carbocycles. The van der Waals surface area contributed by atoms with Crippen molar-refractivity contribution in [1.29, 1.82) is 0 Å². The number of methoxy groups -OCH3 is 4. The molecule has 1 aliphatic rings. The van der Waals surface area contributed by atoms with Crippen molar-refractivity contribution in [3.05, 3.63) is 47.0 Å². The van der Waals surface area contributed by atoms with E-state index in [0.29, 0.717) is 47.9 Å². The molecule has 0 bridgehead atoms. The Bertz CT molecular complexity index is 1100. The van der Waals surface area contributed by atoms with Gasteiger partial charge in [-0.1, -0.05) is 0 Å². The van der Waals surface area contributed by atoms with Gasteiger partial charge in [0.15, 0.2) is 23.0 Å². The van der Waals surface area contributed by atoms with Gasteiger partial charge in [-0.3, -0.25) is 4.79 Å². The Morgan fingerprint density at radius 3 is 2.15 bits per heavy atom. The van der Waals surface area contributed by atoms with Crippen molar-refractivity contribution < 1.29 is 32.2 Å². The average molecular weight is 479 g/mol. The molecule has 0 radical (unpaired) electrons. The normalized spacial score (nSPS) is 13.7. The number of nitrogens with zero attached hydrogens (tertiary/aromatic N) is 1. The van der Waals surface area contributed by atoms with E-state index in [4.69, 9.17) is 18.9 Å². The van der Waals surface area contributed by atoms with Crippen LogP contribution in [0.15, 0.2) is 30.3 Å². The Kier molecular flexibility index (Phi) is 8.04. The highest BCUT2D eigenvalue weighted by Gasteiger charge is 2.27. The molecule has 0 unspecified atom stereocenters. The summed E-state index contributed by atoms with van der Waals surface area (Å²) >= 11 is 0. The summed E-state index contributed by atoms with van der Waals surface area (Å²) < 4.78 is 48.3. The van der Waals surface area contributed by atoms with Gasteiger partial charge in [0.1, 0.15) is 0 Å². The number of ether oxygens (including phenoxy) is 4. The highest BCUT2D eigenvalue weighted by molar-refractivity contribution is 7.89. The molecule has 10 heteroatoms. The molecule has 1 aliphatic heterocycles. The summed E-state index contributed by atoms with van der Waals surface area (Å²) in [6.45, 7) is 0.931. The summed E-state index contributed by atoms with van der Waals surface area (Å²) in [5.74, 6) is 1.83. The van der Waals surface area contributed by atoms with Crippen molar-refractivity contribution in [2.45, 2.75) is 19.4 Å². The molecule has 0 spiro atoms. The lowest BCUT2D eigenvalue weighted by molar-refractivity contribution is 0.0953. The van der Waals surface area contributed by atoms with Gasteiger partial charge in [-0.25, -0.2) is 8.42 Å². The molecule has 0 saturated heterocycles. The molecule has 9 nitrogen and oxygen atoms in total. The maximum Gasteiger partial charge on any atom is 0.251 e. The topological polar surface area (TPSA) is 103 Å². The number of hydrogen-bond donors (Lipinski definition) is 1. The SMILES string of the molecule is COc1ccc(C(=O)NCCCS(=O)(=O)N2CCc3cc(OC)c(OC)cc3C2)cc1OC. The van der Waals surface area contributed by atoms with Crippen molar-refractivity contribution in [2.24, 2.45) is 0 Å². The lowest BCUT2D eigenvalue weighted by atomic mass is 10.0. The van der Waals surface area contributed by atoms with Crippen LogP contribution in [0.1, 0.15) is 27.9 Å². The van der Waals surface area contributed by atoms with E-state index in [-0.39, 0.29) is 24.7 Å². The zero-order chi connectivity index (χ0) is 24.0. The number of rotatable bonds is 10. The number of amides is 1. The summed E-state index contributed by atoms with van der Waals surface area (Å²) in [5, 5.41) is 2.76. The van der Waals surface area contributed by atoms with Gasteiger partial charge in [0.2, 0.25) is 10.0 Å². The summed E-state index contributed by atoms with van der Waals surface area (Å²) in [7, 11) is 2.68. The first-order valence-corrected chi connectivity index (χ1v) is 12.2. The molecule has 3 rings (SSSR count). The van der Waals surface area contributed by atoms with Crippen LogP contribution in [0.3, 0.4) is 0 Å². The van der Waals surface area contributed by atoms with Gasteiger partial charge in [-0.05, 0) is 54.3 Å². The van der Waals surface area contributed by atoms with E-state index in [0.717, 1.165) is 11.1 Å². The lowest BCUT2D eigenvalue weighted by Crippen LogP contribution is -2.38. The van der Waals surface area contributed by atoms with Crippen molar-refractivity contribution in [3.8, 4) is 23.0 Å². The zero-order valence-electron chi connectivity index (χ0n) is 19.3. The van der Waals surface area contributed by atoms with Crippen LogP contribution in [0.25, 0.3) is 0 Å². The number of carbonyl (C=O) groups excluding carboxylic acids is 1. The molecule has 2 aromatic rings. The maximum atomic E-state index is 12.9. The first-order chi connectivity index (χ1) is 15.8. The van der Waals surface area contributed by atoms with Gasteiger partial charge in [0, 0.05) is 25.2 Å². The smallest absolute Gasteiger partial charge is 0.251 e. The Labute approximate surface area is 194 Å². The van der Waals surface area contributed by atoms with Crippen molar-refractivity contribution >= 4 is 15.9 Å². The average Bonchev–Trinajstić information content (AvgIpc) is 2.84. The third-order valence-electron chi connectivity index (χ3n) is 5.59. The van der Waals surface area contributed by atoms with Gasteiger partial charge in [-0.15, -0.1) is 0 Å². The van der Waals surface area contributed by atoms with Gasteiger partial charge in [0.05, 0.1) is 34.2 Å². The molecule has 1 N–H and O–H groups in total. The number of sulfonamides is 1. The fraction of sp³-hybridized carbons (Fsp3) is 0.435. The third kappa shape index (κ3) is 5.69.